The van der Waals surface area contributed by atoms with Crippen LogP contribution in [-0.2, 0) is 26.2 Å². The third-order valence-corrected chi connectivity index (χ3v) is 7.61. The molecule has 1 amide bonds. The summed E-state index contributed by atoms with van der Waals surface area (Å²) in [7, 11) is -1.14. The Kier molecular flexibility index (Phi) is 7.63. The fourth-order valence-corrected chi connectivity index (χ4v) is 5.13. The zero-order chi connectivity index (χ0) is 24.1. The molecule has 2 fully saturated rings. The molecule has 4 rings (SSSR count). The molecular weight excluding hydrogens is 458 g/mol. The lowest BCUT2D eigenvalue weighted by molar-refractivity contribution is -0.140. The van der Waals surface area contributed by atoms with E-state index in [0.717, 1.165) is 44.3 Å². The minimum atomic E-state index is -4.10. The molecule has 2 aromatic carbocycles. The quantitative estimate of drug-likeness (QED) is 0.469. The first-order valence-corrected chi connectivity index (χ1v) is 13.0. The van der Waals surface area contributed by atoms with Gasteiger partial charge in [0.25, 0.3) is 0 Å². The predicted octanol–water partition coefficient (Wildman–Crippen LogP) is 3.78. The van der Waals surface area contributed by atoms with E-state index in [1.807, 2.05) is 11.0 Å². The molecular formula is C25H31NO7S. The molecule has 0 unspecified atom stereocenters. The van der Waals surface area contributed by atoms with Gasteiger partial charge in [-0.2, -0.15) is 8.42 Å². The summed E-state index contributed by atoms with van der Waals surface area (Å²) >= 11 is 0. The van der Waals surface area contributed by atoms with Gasteiger partial charge in [0, 0.05) is 25.6 Å². The van der Waals surface area contributed by atoms with E-state index in [0.29, 0.717) is 18.8 Å². The van der Waals surface area contributed by atoms with Crippen LogP contribution in [0, 0.1) is 5.92 Å². The van der Waals surface area contributed by atoms with Crippen molar-refractivity contribution in [1.29, 1.82) is 0 Å². The third-order valence-electron chi connectivity index (χ3n) is 6.36. The Morgan fingerprint density at radius 3 is 2.35 bits per heavy atom. The summed E-state index contributed by atoms with van der Waals surface area (Å²) in [5, 5.41) is 0. The van der Waals surface area contributed by atoms with Crippen LogP contribution in [0.2, 0.25) is 0 Å². The van der Waals surface area contributed by atoms with Gasteiger partial charge in [0.05, 0.1) is 20.3 Å². The van der Waals surface area contributed by atoms with Gasteiger partial charge in [-0.1, -0.05) is 12.5 Å². The van der Waals surface area contributed by atoms with Gasteiger partial charge in [-0.15, -0.1) is 0 Å². The first kappa shape index (κ1) is 24.3. The average molecular weight is 490 g/mol. The molecule has 1 saturated heterocycles. The molecule has 1 atom stereocenters. The van der Waals surface area contributed by atoms with E-state index >= 15 is 0 Å². The highest BCUT2D eigenvalue weighted by molar-refractivity contribution is 7.87. The summed E-state index contributed by atoms with van der Waals surface area (Å²) < 4.78 is 47.4. The van der Waals surface area contributed by atoms with E-state index in [9.17, 15) is 13.2 Å². The first-order valence-electron chi connectivity index (χ1n) is 11.6. The molecule has 2 aliphatic rings. The summed E-state index contributed by atoms with van der Waals surface area (Å²) in [6, 6.07) is 11.1. The molecule has 8 nitrogen and oxygen atoms in total. The van der Waals surface area contributed by atoms with E-state index < -0.39 is 10.1 Å². The maximum Gasteiger partial charge on any atom is 0.339 e. The summed E-state index contributed by atoms with van der Waals surface area (Å²) in [6.45, 7) is 1.60. The van der Waals surface area contributed by atoms with Crippen LogP contribution in [0.25, 0.3) is 0 Å². The Morgan fingerprint density at radius 2 is 1.76 bits per heavy atom. The normalized spacial score (nSPS) is 18.2. The summed E-state index contributed by atoms with van der Waals surface area (Å²) in [5.41, 5.74) is 0.756. The summed E-state index contributed by atoms with van der Waals surface area (Å²) in [5.74, 6) is 1.10. The topological polar surface area (TPSA) is 91.4 Å². The molecule has 0 aromatic heterocycles. The fourth-order valence-electron chi connectivity index (χ4n) is 4.19. The van der Waals surface area contributed by atoms with Crippen molar-refractivity contribution in [2.75, 3.05) is 27.4 Å². The summed E-state index contributed by atoms with van der Waals surface area (Å²) in [4.78, 5) is 14.9. The highest BCUT2D eigenvalue weighted by Gasteiger charge is 2.32. The van der Waals surface area contributed by atoms with Crippen LogP contribution in [0.4, 0.5) is 0 Å². The molecule has 0 radical (unpaired) electrons. The highest BCUT2D eigenvalue weighted by Crippen LogP contribution is 2.33. The average Bonchev–Trinajstić information content (AvgIpc) is 3.30. The highest BCUT2D eigenvalue weighted by atomic mass is 32.2. The number of hydrogen-bond donors (Lipinski definition) is 0. The van der Waals surface area contributed by atoms with Gasteiger partial charge in [-0.3, -0.25) is 4.79 Å². The minimum absolute atomic E-state index is 0.000857. The van der Waals surface area contributed by atoms with E-state index in [2.05, 4.69) is 0 Å². The second-order valence-electron chi connectivity index (χ2n) is 8.68. The van der Waals surface area contributed by atoms with E-state index in [1.165, 1.54) is 26.4 Å². The zero-order valence-electron chi connectivity index (χ0n) is 19.6. The van der Waals surface area contributed by atoms with Crippen molar-refractivity contribution in [3.63, 3.8) is 0 Å². The van der Waals surface area contributed by atoms with Crippen LogP contribution in [0.15, 0.2) is 47.4 Å². The number of methoxy groups -OCH3 is 2. The lowest BCUT2D eigenvalue weighted by Gasteiger charge is -2.33. The minimum Gasteiger partial charge on any atom is -0.497 e. The number of carbonyl (C=O) groups excluding carboxylic acids is 1. The number of carbonyl (C=O) groups is 1. The van der Waals surface area contributed by atoms with E-state index in [4.69, 9.17) is 18.4 Å². The van der Waals surface area contributed by atoms with Crippen LogP contribution < -0.4 is 13.7 Å². The van der Waals surface area contributed by atoms with Crippen LogP contribution in [0.5, 0.6) is 17.2 Å². The van der Waals surface area contributed by atoms with E-state index in [1.54, 1.807) is 24.3 Å². The lowest BCUT2D eigenvalue weighted by Crippen LogP contribution is -2.42. The number of hydrogen-bond acceptors (Lipinski definition) is 7. The smallest absolute Gasteiger partial charge is 0.339 e. The molecule has 2 aromatic rings. The van der Waals surface area contributed by atoms with Gasteiger partial charge in [-0.05, 0) is 67.6 Å². The summed E-state index contributed by atoms with van der Waals surface area (Å²) in [6.07, 6.45) is 4.88. The molecule has 1 aliphatic carbocycles. The van der Waals surface area contributed by atoms with Crippen molar-refractivity contribution in [2.24, 2.45) is 5.92 Å². The molecule has 9 heteroatoms. The fraction of sp³-hybridized carbons (Fsp3) is 0.480. The van der Waals surface area contributed by atoms with Crippen molar-refractivity contribution in [2.45, 2.75) is 49.6 Å². The second-order valence-corrected chi connectivity index (χ2v) is 10.2. The Balaban J connectivity index is 1.55. The molecule has 34 heavy (non-hydrogen) atoms. The zero-order valence-corrected chi connectivity index (χ0v) is 20.4. The SMILES string of the molecule is COc1ccc(S(=O)(=O)Oc2cc(CN(C[C@@H]3CCCO3)C(=O)C3CCC3)ccc2OC)cc1. The molecule has 1 saturated carbocycles. The molecule has 1 heterocycles. The van der Waals surface area contributed by atoms with Gasteiger partial charge in [0.2, 0.25) is 5.91 Å². The molecule has 184 valence electrons. The van der Waals surface area contributed by atoms with Crippen LogP contribution in [0.1, 0.15) is 37.7 Å². The van der Waals surface area contributed by atoms with Crippen molar-refractivity contribution in [1.82, 2.24) is 4.90 Å². The number of benzene rings is 2. The predicted molar refractivity (Wildman–Crippen MR) is 126 cm³/mol. The number of nitrogens with zero attached hydrogens (tertiary/aromatic N) is 1. The lowest BCUT2D eigenvalue weighted by atomic mass is 9.84. The number of ether oxygens (including phenoxy) is 3. The Labute approximate surface area is 200 Å². The first-order chi connectivity index (χ1) is 16.4. The van der Waals surface area contributed by atoms with Crippen molar-refractivity contribution in [3.05, 3.63) is 48.0 Å². The van der Waals surface area contributed by atoms with Gasteiger partial charge in [-0.25, -0.2) is 0 Å². The Morgan fingerprint density at radius 1 is 1.00 bits per heavy atom. The monoisotopic (exact) mass is 489 g/mol. The van der Waals surface area contributed by atoms with Gasteiger partial charge in [0.15, 0.2) is 11.5 Å². The van der Waals surface area contributed by atoms with E-state index in [-0.39, 0.29) is 34.3 Å². The van der Waals surface area contributed by atoms with Gasteiger partial charge < -0.3 is 23.3 Å². The number of rotatable bonds is 10. The molecule has 0 spiro atoms. The second kappa shape index (κ2) is 10.7. The Hall–Kier alpha value is -2.78. The van der Waals surface area contributed by atoms with Crippen LogP contribution in [-0.4, -0.2) is 52.7 Å². The third kappa shape index (κ3) is 5.64. The van der Waals surface area contributed by atoms with Crippen molar-refractivity contribution < 1.29 is 31.6 Å². The molecule has 1 aliphatic heterocycles. The largest absolute Gasteiger partial charge is 0.497 e. The van der Waals surface area contributed by atoms with Gasteiger partial charge in [0.1, 0.15) is 10.6 Å². The Bertz CT molecular complexity index is 1090. The maximum absolute atomic E-state index is 13.1. The molecule has 0 bridgehead atoms. The van der Waals surface area contributed by atoms with Crippen LogP contribution in [0.3, 0.4) is 0 Å². The molecule has 0 N–H and O–H groups in total. The van der Waals surface area contributed by atoms with Crippen molar-refractivity contribution in [3.8, 4) is 17.2 Å². The van der Waals surface area contributed by atoms with Crippen LogP contribution >= 0.6 is 0 Å². The maximum atomic E-state index is 13.1. The number of amides is 1. The van der Waals surface area contributed by atoms with Crippen molar-refractivity contribution >= 4 is 16.0 Å². The standard InChI is InChI=1S/C25H31NO7S/c1-30-20-9-11-22(12-10-20)34(28,29)33-24-15-18(8-13-23(24)31-2)16-26(17-21-7-4-14-32-21)25(27)19-5-3-6-19/h8-13,15,19,21H,3-7,14,16-17H2,1-2H3/t21-/m0/s1. The van der Waals surface area contributed by atoms with Gasteiger partial charge >= 0.3 is 10.1 Å².